The first-order chi connectivity index (χ1) is 17.9. The molecule has 5 atom stereocenters. The van der Waals surface area contributed by atoms with Crippen LogP contribution in [-0.2, 0) is 14.0 Å². The van der Waals surface area contributed by atoms with Crippen LogP contribution in [-0.4, -0.2) is 38.2 Å². The van der Waals surface area contributed by atoms with E-state index in [1.165, 1.54) is 10.4 Å². The number of fused-ring (bicyclic) bond motifs is 1. The lowest BCUT2D eigenvalue weighted by molar-refractivity contribution is -0.164. The van der Waals surface area contributed by atoms with Gasteiger partial charge in [0.05, 0.1) is 11.5 Å². The van der Waals surface area contributed by atoms with Crippen molar-refractivity contribution in [2.45, 2.75) is 85.0 Å². The van der Waals surface area contributed by atoms with Gasteiger partial charge in [-0.3, -0.25) is 4.79 Å². The summed E-state index contributed by atoms with van der Waals surface area (Å²) >= 11 is 0. The first kappa shape index (κ1) is 28.8. The maximum atomic E-state index is 13.0. The van der Waals surface area contributed by atoms with E-state index in [2.05, 4.69) is 94.4 Å². The number of aliphatic hydroxyl groups is 1. The number of carbonyl (C=O) groups excluding carboxylic acids is 1. The van der Waals surface area contributed by atoms with E-state index in [0.29, 0.717) is 13.0 Å². The average molecular weight is 535 g/mol. The lowest BCUT2D eigenvalue weighted by atomic mass is 9.64. The monoisotopic (exact) mass is 534 g/mol. The number of aliphatic hydroxyl groups excluding tert-OH is 1. The number of hydrogen-bond donors (Lipinski definition) is 1. The minimum atomic E-state index is -2.71. The summed E-state index contributed by atoms with van der Waals surface area (Å²) in [6.45, 7) is 15.4. The highest BCUT2D eigenvalue weighted by atomic mass is 28.4. The Morgan fingerprint density at radius 2 is 1.50 bits per heavy atom. The van der Waals surface area contributed by atoms with Gasteiger partial charge in [0.25, 0.3) is 8.32 Å². The molecular formula is C33H46O4Si. The molecule has 0 heterocycles. The number of rotatable bonds is 6. The molecule has 1 N–H and O–H groups in total. The quantitative estimate of drug-likeness (QED) is 0.286. The predicted molar refractivity (Wildman–Crippen MR) is 157 cm³/mol. The number of carbonyl (C=O) groups is 1. The van der Waals surface area contributed by atoms with Crippen LogP contribution in [0.5, 0.6) is 0 Å². The zero-order chi connectivity index (χ0) is 27.7. The Morgan fingerprint density at radius 1 is 0.947 bits per heavy atom. The van der Waals surface area contributed by atoms with Crippen LogP contribution >= 0.6 is 0 Å². The molecule has 0 aromatic heterocycles. The van der Waals surface area contributed by atoms with Crippen LogP contribution in [0, 0.1) is 23.2 Å². The molecular weight excluding hydrogens is 488 g/mol. The van der Waals surface area contributed by atoms with Crippen molar-refractivity contribution in [3.8, 4) is 0 Å². The molecule has 4 rings (SSSR count). The second-order valence-electron chi connectivity index (χ2n) is 13.4. The van der Waals surface area contributed by atoms with E-state index in [9.17, 15) is 9.90 Å². The van der Waals surface area contributed by atoms with Crippen LogP contribution < -0.4 is 10.4 Å². The van der Waals surface area contributed by atoms with Gasteiger partial charge in [-0.05, 0) is 72.9 Å². The lowest BCUT2D eigenvalue weighted by Crippen LogP contribution is -2.67. The third kappa shape index (κ3) is 5.57. The molecule has 2 aliphatic rings. The molecule has 2 aliphatic carbocycles. The van der Waals surface area contributed by atoms with E-state index < -0.39 is 19.8 Å². The molecule has 2 aromatic carbocycles. The predicted octanol–water partition coefficient (Wildman–Crippen LogP) is 5.87. The van der Waals surface area contributed by atoms with Crippen molar-refractivity contribution >= 4 is 24.7 Å². The molecule has 0 unspecified atom stereocenters. The summed E-state index contributed by atoms with van der Waals surface area (Å²) in [7, 11) is -2.71. The van der Waals surface area contributed by atoms with E-state index in [1.54, 1.807) is 0 Å². The summed E-state index contributed by atoms with van der Waals surface area (Å²) < 4.78 is 13.6. The Bertz CT molecular complexity index is 1070. The third-order valence-corrected chi connectivity index (χ3v) is 13.6. The molecule has 2 aromatic rings. The SMILES string of the molecule is C[C@H]1C[C@H](O)C2=CCC[C@H](OC(=O)C(C)(C)C)[C@@H]2[C@H]1CO[Si](c1ccccc1)(c1ccccc1)C(C)(C)C. The molecule has 206 valence electrons. The second kappa shape index (κ2) is 11.1. The highest BCUT2D eigenvalue weighted by molar-refractivity contribution is 6.99. The molecule has 0 spiro atoms. The van der Waals surface area contributed by atoms with E-state index >= 15 is 0 Å². The molecule has 0 saturated heterocycles. The van der Waals surface area contributed by atoms with Gasteiger partial charge in [-0.2, -0.15) is 0 Å². The number of hydrogen-bond acceptors (Lipinski definition) is 4. The summed E-state index contributed by atoms with van der Waals surface area (Å²) in [5.74, 6) is 0.166. The lowest BCUT2D eigenvalue weighted by Gasteiger charge is -2.49. The topological polar surface area (TPSA) is 55.8 Å². The molecule has 0 bridgehead atoms. The first-order valence-corrected chi connectivity index (χ1v) is 16.1. The molecule has 1 fully saturated rings. The molecule has 5 heteroatoms. The van der Waals surface area contributed by atoms with Gasteiger partial charge in [0.1, 0.15) is 6.10 Å². The number of benzene rings is 2. The minimum absolute atomic E-state index is 0.0352. The zero-order valence-electron chi connectivity index (χ0n) is 24.2. The standard InChI is InChI=1S/C33H46O4Si/c1-23-21-28(34)26-19-14-20-29(37-31(35)32(2,3)4)30(26)27(23)22-36-38(33(5,6)7,24-15-10-8-11-16-24)25-17-12-9-13-18-25/h8-13,15-19,23,27-30,34H,14,20-22H2,1-7H3/t23-,27-,28-,29-,30-/m0/s1. The van der Waals surface area contributed by atoms with Gasteiger partial charge in [0, 0.05) is 12.5 Å². The normalized spacial score (nSPS) is 26.3. The second-order valence-corrected chi connectivity index (χ2v) is 17.7. The summed E-state index contributed by atoms with van der Waals surface area (Å²) in [6.07, 6.45) is 3.77. The molecule has 38 heavy (non-hydrogen) atoms. The van der Waals surface area contributed by atoms with Gasteiger partial charge in [-0.25, -0.2) is 0 Å². The third-order valence-electron chi connectivity index (χ3n) is 8.57. The van der Waals surface area contributed by atoms with Gasteiger partial charge >= 0.3 is 5.97 Å². The Labute approximate surface area is 230 Å². The molecule has 4 nitrogen and oxygen atoms in total. The van der Waals surface area contributed by atoms with Crippen molar-refractivity contribution in [1.29, 1.82) is 0 Å². The molecule has 0 amide bonds. The molecule has 1 saturated carbocycles. The van der Waals surface area contributed by atoms with Crippen LogP contribution in [0.4, 0.5) is 0 Å². The fourth-order valence-electron chi connectivity index (χ4n) is 6.54. The van der Waals surface area contributed by atoms with Crippen molar-refractivity contribution in [2.24, 2.45) is 23.2 Å². The van der Waals surface area contributed by atoms with Gasteiger partial charge in [0.15, 0.2) is 0 Å². The fourth-order valence-corrected chi connectivity index (χ4v) is 11.1. The number of ether oxygens (including phenoxy) is 1. The van der Waals surface area contributed by atoms with Crippen LogP contribution in [0.2, 0.25) is 5.04 Å². The van der Waals surface area contributed by atoms with E-state index in [-0.39, 0.29) is 34.9 Å². The summed E-state index contributed by atoms with van der Waals surface area (Å²) in [6, 6.07) is 21.4. The smallest absolute Gasteiger partial charge is 0.311 e. The van der Waals surface area contributed by atoms with Crippen molar-refractivity contribution in [1.82, 2.24) is 0 Å². The van der Waals surface area contributed by atoms with Crippen molar-refractivity contribution in [3.05, 3.63) is 72.3 Å². The van der Waals surface area contributed by atoms with Gasteiger partial charge in [0.2, 0.25) is 0 Å². The fraction of sp³-hybridized carbons (Fsp3) is 0.545. The zero-order valence-corrected chi connectivity index (χ0v) is 25.2. The van der Waals surface area contributed by atoms with Gasteiger partial charge < -0.3 is 14.3 Å². The van der Waals surface area contributed by atoms with Gasteiger partial charge in [-0.15, -0.1) is 0 Å². The summed E-state index contributed by atoms with van der Waals surface area (Å²) in [5, 5.41) is 13.5. The highest BCUT2D eigenvalue weighted by Crippen LogP contribution is 2.46. The maximum absolute atomic E-state index is 13.0. The number of esters is 1. The van der Waals surface area contributed by atoms with Crippen molar-refractivity contribution in [2.75, 3.05) is 6.61 Å². The Balaban J connectivity index is 1.74. The van der Waals surface area contributed by atoms with E-state index in [4.69, 9.17) is 9.16 Å². The van der Waals surface area contributed by atoms with Gasteiger partial charge in [-0.1, -0.05) is 94.4 Å². The molecule has 0 aliphatic heterocycles. The van der Waals surface area contributed by atoms with Crippen LogP contribution in [0.25, 0.3) is 0 Å². The minimum Gasteiger partial charge on any atom is -0.461 e. The van der Waals surface area contributed by atoms with E-state index in [1.807, 2.05) is 20.8 Å². The maximum Gasteiger partial charge on any atom is 0.311 e. The Hall–Kier alpha value is -2.21. The van der Waals surface area contributed by atoms with Crippen LogP contribution in [0.3, 0.4) is 0 Å². The van der Waals surface area contributed by atoms with Crippen LogP contribution in [0.15, 0.2) is 72.3 Å². The number of allylic oxidation sites excluding steroid dienone is 1. The van der Waals surface area contributed by atoms with Crippen molar-refractivity contribution < 1.29 is 19.1 Å². The Kier molecular flexibility index (Phi) is 8.42. The Morgan fingerprint density at radius 3 is 2.00 bits per heavy atom. The summed E-state index contributed by atoms with van der Waals surface area (Å²) in [5.41, 5.74) is 0.471. The van der Waals surface area contributed by atoms with E-state index in [0.717, 1.165) is 18.4 Å². The summed E-state index contributed by atoms with van der Waals surface area (Å²) in [4.78, 5) is 13.0. The van der Waals surface area contributed by atoms with Crippen LogP contribution in [0.1, 0.15) is 67.7 Å². The average Bonchev–Trinajstić information content (AvgIpc) is 2.86. The highest BCUT2D eigenvalue weighted by Gasteiger charge is 2.52. The first-order valence-electron chi connectivity index (χ1n) is 14.2. The van der Waals surface area contributed by atoms with Crippen molar-refractivity contribution in [3.63, 3.8) is 0 Å². The molecule has 0 radical (unpaired) electrons. The largest absolute Gasteiger partial charge is 0.461 e.